The van der Waals surface area contributed by atoms with Crippen molar-refractivity contribution in [2.45, 2.75) is 24.2 Å². The summed E-state index contributed by atoms with van der Waals surface area (Å²) in [5.74, 6) is -3.03. The number of piperidine rings is 1. The number of rotatable bonds is 5. The van der Waals surface area contributed by atoms with Crippen molar-refractivity contribution in [2.24, 2.45) is 0 Å². The molecule has 0 atom stereocenters. The number of hydrogen-bond acceptors (Lipinski definition) is 6. The van der Waals surface area contributed by atoms with Gasteiger partial charge in [0.05, 0.1) is 16.4 Å². The Balaban J connectivity index is 1.65. The summed E-state index contributed by atoms with van der Waals surface area (Å²) in [6.45, 7) is 0.952. The second-order valence-electron chi connectivity index (χ2n) is 6.73. The molecule has 158 valence electrons. The molecule has 2 N–H and O–H groups in total. The predicted molar refractivity (Wildman–Crippen MR) is 105 cm³/mol. The van der Waals surface area contributed by atoms with Crippen molar-refractivity contribution < 1.29 is 27.9 Å². The minimum Gasteiger partial charge on any atom is -0.545 e. The van der Waals surface area contributed by atoms with E-state index in [-0.39, 0.29) is 21.6 Å². The Kier molecular flexibility index (Phi) is 6.48. The first-order valence-corrected chi connectivity index (χ1v) is 10.8. The van der Waals surface area contributed by atoms with Crippen LogP contribution in [0.1, 0.15) is 50.3 Å². The van der Waals surface area contributed by atoms with E-state index in [9.17, 15) is 27.9 Å². The fraction of sp³-hybridized carbons (Fsp3) is 0.250. The molecule has 0 unspecified atom stereocenters. The first-order chi connectivity index (χ1) is 14.3. The van der Waals surface area contributed by atoms with E-state index in [4.69, 9.17) is 0 Å². The monoisotopic (exact) mass is 430 g/mol. The highest BCUT2D eigenvalue weighted by Crippen LogP contribution is 2.20. The molecule has 1 saturated heterocycles. The number of benzene rings is 2. The number of sulfonamides is 1. The molecule has 1 heterocycles. The number of nitrogens with zero attached hydrogens (tertiary/aromatic N) is 1. The zero-order chi connectivity index (χ0) is 21.7. The smallest absolute Gasteiger partial charge is 0.270 e. The highest BCUT2D eigenvalue weighted by molar-refractivity contribution is 7.89. The molecule has 0 spiro atoms. The van der Waals surface area contributed by atoms with Gasteiger partial charge in [0.15, 0.2) is 0 Å². The van der Waals surface area contributed by atoms with Gasteiger partial charge >= 0.3 is 0 Å². The molecular formula is C20H20N3O6S-. The number of amides is 2. The van der Waals surface area contributed by atoms with Gasteiger partial charge in [-0.25, -0.2) is 8.42 Å². The number of carboxylic acid groups (broad SMARTS) is 1. The number of hydrogen-bond donors (Lipinski definition) is 2. The molecule has 30 heavy (non-hydrogen) atoms. The molecule has 1 aliphatic heterocycles. The first-order valence-electron chi connectivity index (χ1n) is 9.32. The number of aromatic carboxylic acids is 1. The van der Waals surface area contributed by atoms with Crippen molar-refractivity contribution in [1.29, 1.82) is 0 Å². The summed E-state index contributed by atoms with van der Waals surface area (Å²) in [6, 6.07) is 10.8. The number of hydrazine groups is 1. The zero-order valence-electron chi connectivity index (χ0n) is 16.0. The highest BCUT2D eigenvalue weighted by Gasteiger charge is 2.26. The molecule has 2 amide bonds. The van der Waals surface area contributed by atoms with E-state index >= 15 is 0 Å². The van der Waals surface area contributed by atoms with Gasteiger partial charge in [0.25, 0.3) is 11.8 Å². The Hall–Kier alpha value is -3.24. The van der Waals surface area contributed by atoms with Crippen LogP contribution in [0.2, 0.25) is 0 Å². The van der Waals surface area contributed by atoms with Crippen LogP contribution in [0.3, 0.4) is 0 Å². The Bertz CT molecular complexity index is 1060. The fourth-order valence-electron chi connectivity index (χ4n) is 3.14. The van der Waals surface area contributed by atoms with Crippen LogP contribution in [0.15, 0.2) is 53.4 Å². The summed E-state index contributed by atoms with van der Waals surface area (Å²) in [5.41, 5.74) is 3.96. The first kappa shape index (κ1) is 21.5. The van der Waals surface area contributed by atoms with E-state index in [1.54, 1.807) is 0 Å². The number of carbonyl (C=O) groups is 3. The maximum atomic E-state index is 12.6. The largest absolute Gasteiger partial charge is 0.545 e. The molecule has 1 aliphatic rings. The topological polar surface area (TPSA) is 136 Å². The van der Waals surface area contributed by atoms with E-state index < -0.39 is 27.8 Å². The standard InChI is InChI=1S/C20H21N3O6S/c24-18(21-22-19(25)16-6-2-3-7-17(16)20(26)27)14-8-10-15(11-9-14)30(28,29)23-12-4-1-5-13-23/h2-3,6-11H,1,4-5,12-13H2,(H,21,24)(H,22,25)(H,26,27)/p-1. The maximum absolute atomic E-state index is 12.6. The summed E-state index contributed by atoms with van der Waals surface area (Å²) in [4.78, 5) is 35.6. The Morgan fingerprint density at radius 1 is 0.800 bits per heavy atom. The molecule has 3 rings (SSSR count). The average Bonchev–Trinajstić information content (AvgIpc) is 2.77. The number of nitrogens with one attached hydrogen (secondary N) is 2. The predicted octanol–water partition coefficient (Wildman–Crippen LogP) is 0.299. The second kappa shape index (κ2) is 9.06. The van der Waals surface area contributed by atoms with Gasteiger partial charge in [-0.05, 0) is 43.2 Å². The molecule has 0 radical (unpaired) electrons. The molecule has 0 aromatic heterocycles. The third-order valence-corrected chi connectivity index (χ3v) is 6.66. The van der Waals surface area contributed by atoms with Gasteiger partial charge in [-0.2, -0.15) is 4.31 Å². The Labute approximate surface area is 173 Å². The summed E-state index contributed by atoms with van der Waals surface area (Å²) in [6.07, 6.45) is 2.64. The fourth-order valence-corrected chi connectivity index (χ4v) is 4.66. The highest BCUT2D eigenvalue weighted by atomic mass is 32.2. The van der Waals surface area contributed by atoms with Gasteiger partial charge in [0.2, 0.25) is 10.0 Å². The van der Waals surface area contributed by atoms with Crippen molar-refractivity contribution in [3.8, 4) is 0 Å². The molecule has 0 saturated carbocycles. The van der Waals surface area contributed by atoms with Crippen LogP contribution in [0.4, 0.5) is 0 Å². The lowest BCUT2D eigenvalue weighted by Gasteiger charge is -2.25. The summed E-state index contributed by atoms with van der Waals surface area (Å²) in [5, 5.41) is 11.1. The second-order valence-corrected chi connectivity index (χ2v) is 8.67. The van der Waals surface area contributed by atoms with Gasteiger partial charge < -0.3 is 9.90 Å². The van der Waals surface area contributed by atoms with Crippen molar-refractivity contribution in [2.75, 3.05) is 13.1 Å². The van der Waals surface area contributed by atoms with E-state index in [2.05, 4.69) is 10.9 Å². The summed E-state index contributed by atoms with van der Waals surface area (Å²) >= 11 is 0. The van der Waals surface area contributed by atoms with Gasteiger partial charge in [-0.3, -0.25) is 20.4 Å². The molecule has 2 aromatic carbocycles. The van der Waals surface area contributed by atoms with Crippen LogP contribution < -0.4 is 16.0 Å². The molecule has 9 nitrogen and oxygen atoms in total. The molecule has 0 bridgehead atoms. The van der Waals surface area contributed by atoms with E-state index in [0.29, 0.717) is 13.1 Å². The summed E-state index contributed by atoms with van der Waals surface area (Å²) < 4.78 is 26.7. The maximum Gasteiger partial charge on any atom is 0.270 e. The van der Waals surface area contributed by atoms with Crippen LogP contribution in [-0.4, -0.2) is 43.6 Å². The van der Waals surface area contributed by atoms with Gasteiger partial charge in [-0.15, -0.1) is 0 Å². The minimum absolute atomic E-state index is 0.0906. The number of carbonyl (C=O) groups excluding carboxylic acids is 3. The van der Waals surface area contributed by atoms with Crippen LogP contribution in [0, 0.1) is 0 Å². The SMILES string of the molecule is O=C(NNC(=O)c1ccccc1C(=O)[O-])c1ccc(S(=O)(=O)N2CCCCC2)cc1. The van der Waals surface area contributed by atoms with Gasteiger partial charge in [0, 0.05) is 24.2 Å². The van der Waals surface area contributed by atoms with Crippen molar-refractivity contribution in [1.82, 2.24) is 15.2 Å². The van der Waals surface area contributed by atoms with Crippen LogP contribution in [0.25, 0.3) is 0 Å². The van der Waals surface area contributed by atoms with E-state index in [1.807, 2.05) is 0 Å². The Morgan fingerprint density at radius 2 is 1.37 bits per heavy atom. The van der Waals surface area contributed by atoms with Crippen molar-refractivity contribution in [3.63, 3.8) is 0 Å². The van der Waals surface area contributed by atoms with Crippen molar-refractivity contribution in [3.05, 3.63) is 65.2 Å². The molecule has 2 aromatic rings. The minimum atomic E-state index is -3.61. The molecule has 0 aliphatic carbocycles. The lowest BCUT2D eigenvalue weighted by Crippen LogP contribution is -2.42. The lowest BCUT2D eigenvalue weighted by atomic mass is 10.1. The lowest BCUT2D eigenvalue weighted by molar-refractivity contribution is -0.255. The normalized spacial score (nSPS) is 14.7. The van der Waals surface area contributed by atoms with Crippen LogP contribution in [-0.2, 0) is 10.0 Å². The zero-order valence-corrected chi connectivity index (χ0v) is 16.8. The third kappa shape index (κ3) is 4.66. The quantitative estimate of drug-likeness (QED) is 0.655. The average molecular weight is 430 g/mol. The van der Waals surface area contributed by atoms with Gasteiger partial charge in [0.1, 0.15) is 0 Å². The van der Waals surface area contributed by atoms with E-state index in [1.165, 1.54) is 52.8 Å². The van der Waals surface area contributed by atoms with Crippen LogP contribution in [0.5, 0.6) is 0 Å². The number of carboxylic acids is 1. The summed E-state index contributed by atoms with van der Waals surface area (Å²) in [7, 11) is -3.61. The van der Waals surface area contributed by atoms with Gasteiger partial charge in [-0.1, -0.05) is 24.6 Å². The third-order valence-electron chi connectivity index (χ3n) is 4.75. The molecule has 1 fully saturated rings. The molecular weight excluding hydrogens is 410 g/mol. The van der Waals surface area contributed by atoms with Crippen molar-refractivity contribution >= 4 is 27.8 Å². The molecule has 10 heteroatoms. The Morgan fingerprint density at radius 3 is 1.97 bits per heavy atom. The van der Waals surface area contributed by atoms with Crippen LogP contribution >= 0.6 is 0 Å². The van der Waals surface area contributed by atoms with E-state index in [0.717, 1.165) is 19.3 Å².